The first-order valence-electron chi connectivity index (χ1n) is 6.81. The average Bonchev–Trinajstić information content (AvgIpc) is 2.41. The summed E-state index contributed by atoms with van der Waals surface area (Å²) in [5.41, 5.74) is 1.25. The summed E-state index contributed by atoms with van der Waals surface area (Å²) in [5, 5.41) is 5.81. The first-order chi connectivity index (χ1) is 8.76. The van der Waals surface area contributed by atoms with Gasteiger partial charge in [-0.2, -0.15) is 0 Å². The van der Waals surface area contributed by atoms with Crippen LogP contribution in [0.5, 0.6) is 0 Å². The maximum atomic E-state index is 11.5. The fourth-order valence-corrected chi connectivity index (χ4v) is 1.84. The smallest absolute Gasteiger partial charge is 0.314 e. The number of nitrogens with one attached hydrogen (secondary N) is 2. The van der Waals surface area contributed by atoms with E-state index in [0.29, 0.717) is 12.5 Å². The molecular formula is C15H24N2O. The Morgan fingerprint density at radius 1 is 1.11 bits per heavy atom. The Balaban J connectivity index is 2.14. The van der Waals surface area contributed by atoms with E-state index in [9.17, 15) is 4.79 Å². The van der Waals surface area contributed by atoms with Crippen molar-refractivity contribution in [2.75, 3.05) is 13.1 Å². The highest BCUT2D eigenvalue weighted by atomic mass is 16.2. The third-order valence-electron chi connectivity index (χ3n) is 3.25. The van der Waals surface area contributed by atoms with Crippen molar-refractivity contribution in [1.29, 1.82) is 0 Å². The van der Waals surface area contributed by atoms with Gasteiger partial charge in [0.25, 0.3) is 0 Å². The van der Waals surface area contributed by atoms with Gasteiger partial charge in [-0.1, -0.05) is 57.0 Å². The number of hydrogen-bond acceptors (Lipinski definition) is 1. The molecule has 0 unspecified atom stereocenters. The van der Waals surface area contributed by atoms with Crippen LogP contribution in [-0.4, -0.2) is 19.1 Å². The molecule has 0 spiro atoms. The van der Waals surface area contributed by atoms with Crippen LogP contribution >= 0.6 is 0 Å². The average molecular weight is 248 g/mol. The SMILES string of the molecule is CCC(CC)CNC(=O)NCCc1ccccc1. The van der Waals surface area contributed by atoms with E-state index in [1.54, 1.807) is 0 Å². The fraction of sp³-hybridized carbons (Fsp3) is 0.533. The Hall–Kier alpha value is -1.51. The molecule has 2 amide bonds. The van der Waals surface area contributed by atoms with E-state index in [1.807, 2.05) is 18.2 Å². The highest BCUT2D eigenvalue weighted by Crippen LogP contribution is 2.04. The number of hydrogen-bond donors (Lipinski definition) is 2. The monoisotopic (exact) mass is 248 g/mol. The molecule has 3 heteroatoms. The van der Waals surface area contributed by atoms with E-state index in [-0.39, 0.29) is 6.03 Å². The van der Waals surface area contributed by atoms with Gasteiger partial charge in [0.15, 0.2) is 0 Å². The molecule has 0 radical (unpaired) electrons. The lowest BCUT2D eigenvalue weighted by Gasteiger charge is -2.13. The summed E-state index contributed by atoms with van der Waals surface area (Å²) >= 11 is 0. The predicted molar refractivity (Wildman–Crippen MR) is 75.6 cm³/mol. The van der Waals surface area contributed by atoms with Gasteiger partial charge in [-0.05, 0) is 17.9 Å². The first kappa shape index (κ1) is 14.6. The van der Waals surface area contributed by atoms with Crippen molar-refractivity contribution < 1.29 is 4.79 Å². The van der Waals surface area contributed by atoms with Crippen LogP contribution in [-0.2, 0) is 6.42 Å². The van der Waals surface area contributed by atoms with Crippen LogP contribution in [0.15, 0.2) is 30.3 Å². The maximum absolute atomic E-state index is 11.5. The van der Waals surface area contributed by atoms with Gasteiger partial charge in [-0.3, -0.25) is 0 Å². The van der Waals surface area contributed by atoms with Gasteiger partial charge in [0.05, 0.1) is 0 Å². The third kappa shape index (κ3) is 5.71. The van der Waals surface area contributed by atoms with Crippen molar-refractivity contribution in [3.05, 3.63) is 35.9 Å². The van der Waals surface area contributed by atoms with Gasteiger partial charge in [0.1, 0.15) is 0 Å². The molecule has 1 aromatic rings. The molecule has 1 aromatic carbocycles. The number of benzene rings is 1. The van der Waals surface area contributed by atoms with E-state index < -0.39 is 0 Å². The number of amides is 2. The molecule has 0 saturated heterocycles. The molecule has 0 atom stereocenters. The Morgan fingerprint density at radius 3 is 2.39 bits per heavy atom. The van der Waals surface area contributed by atoms with E-state index in [2.05, 4.69) is 36.6 Å². The molecule has 0 aliphatic carbocycles. The molecule has 1 rings (SSSR count). The summed E-state index contributed by atoms with van der Waals surface area (Å²) in [6.45, 7) is 5.76. The Kier molecular flexibility index (Phi) is 6.92. The van der Waals surface area contributed by atoms with Crippen molar-refractivity contribution in [3.63, 3.8) is 0 Å². The van der Waals surface area contributed by atoms with E-state index >= 15 is 0 Å². The van der Waals surface area contributed by atoms with Crippen LogP contribution in [0.3, 0.4) is 0 Å². The van der Waals surface area contributed by atoms with Crippen LogP contribution in [0, 0.1) is 5.92 Å². The Labute approximate surface area is 110 Å². The summed E-state index contributed by atoms with van der Waals surface area (Å²) in [5.74, 6) is 0.588. The van der Waals surface area contributed by atoms with Crippen LogP contribution in [0.2, 0.25) is 0 Å². The molecule has 100 valence electrons. The first-order valence-corrected chi connectivity index (χ1v) is 6.81. The quantitative estimate of drug-likeness (QED) is 0.765. The lowest BCUT2D eigenvalue weighted by atomic mass is 10.0. The van der Waals surface area contributed by atoms with Crippen molar-refractivity contribution in [1.82, 2.24) is 10.6 Å². The topological polar surface area (TPSA) is 41.1 Å². The molecule has 0 saturated carbocycles. The van der Waals surface area contributed by atoms with E-state index in [1.165, 1.54) is 5.56 Å². The zero-order valence-corrected chi connectivity index (χ0v) is 11.4. The molecule has 0 aromatic heterocycles. The summed E-state index contributed by atoms with van der Waals surface area (Å²) in [6.07, 6.45) is 3.10. The lowest BCUT2D eigenvalue weighted by Crippen LogP contribution is -2.39. The molecular weight excluding hydrogens is 224 g/mol. The van der Waals surface area contributed by atoms with Gasteiger partial charge in [0.2, 0.25) is 0 Å². The molecule has 2 N–H and O–H groups in total. The van der Waals surface area contributed by atoms with Crippen LogP contribution in [0.25, 0.3) is 0 Å². The summed E-state index contributed by atoms with van der Waals surface area (Å²) < 4.78 is 0. The highest BCUT2D eigenvalue weighted by Gasteiger charge is 2.05. The van der Waals surface area contributed by atoms with Gasteiger partial charge in [0, 0.05) is 13.1 Å². The van der Waals surface area contributed by atoms with Crippen molar-refractivity contribution in [2.24, 2.45) is 5.92 Å². The maximum Gasteiger partial charge on any atom is 0.314 e. The van der Waals surface area contributed by atoms with Gasteiger partial charge in [-0.25, -0.2) is 4.79 Å². The minimum atomic E-state index is -0.0576. The van der Waals surface area contributed by atoms with Crippen LogP contribution in [0.1, 0.15) is 32.3 Å². The third-order valence-corrected chi connectivity index (χ3v) is 3.25. The zero-order chi connectivity index (χ0) is 13.2. The molecule has 3 nitrogen and oxygen atoms in total. The second-order valence-corrected chi connectivity index (χ2v) is 4.55. The second-order valence-electron chi connectivity index (χ2n) is 4.55. The number of carbonyl (C=O) groups is 1. The number of urea groups is 1. The molecule has 18 heavy (non-hydrogen) atoms. The van der Waals surface area contributed by atoms with Gasteiger partial charge >= 0.3 is 6.03 Å². The summed E-state index contributed by atoms with van der Waals surface area (Å²) in [6, 6.07) is 10.1. The van der Waals surface area contributed by atoms with Crippen molar-refractivity contribution in [3.8, 4) is 0 Å². The lowest BCUT2D eigenvalue weighted by molar-refractivity contribution is 0.238. The summed E-state index contributed by atoms with van der Waals surface area (Å²) in [4.78, 5) is 11.5. The van der Waals surface area contributed by atoms with Crippen molar-refractivity contribution >= 4 is 6.03 Å². The minimum absolute atomic E-state index is 0.0576. The van der Waals surface area contributed by atoms with Crippen molar-refractivity contribution in [2.45, 2.75) is 33.1 Å². The van der Waals surface area contributed by atoms with Gasteiger partial charge in [-0.15, -0.1) is 0 Å². The van der Waals surface area contributed by atoms with Crippen LogP contribution in [0.4, 0.5) is 4.79 Å². The minimum Gasteiger partial charge on any atom is -0.338 e. The van der Waals surface area contributed by atoms with Gasteiger partial charge < -0.3 is 10.6 Å². The zero-order valence-electron chi connectivity index (χ0n) is 11.4. The van der Waals surface area contributed by atoms with E-state index in [4.69, 9.17) is 0 Å². The second kappa shape index (κ2) is 8.56. The number of carbonyl (C=O) groups excluding carboxylic acids is 1. The number of rotatable bonds is 7. The molecule has 0 fully saturated rings. The molecule has 0 bridgehead atoms. The molecule has 0 aliphatic rings. The van der Waals surface area contributed by atoms with Crippen LogP contribution < -0.4 is 10.6 Å². The predicted octanol–water partition coefficient (Wildman–Crippen LogP) is 2.96. The molecule has 0 aliphatic heterocycles. The van der Waals surface area contributed by atoms with E-state index in [0.717, 1.165) is 25.8 Å². The highest BCUT2D eigenvalue weighted by molar-refractivity contribution is 5.73. The standard InChI is InChI=1S/C15H24N2O/c1-3-13(4-2)12-17-15(18)16-11-10-14-8-6-5-7-9-14/h5-9,13H,3-4,10-12H2,1-2H3,(H2,16,17,18). The summed E-state index contributed by atoms with van der Waals surface area (Å²) in [7, 11) is 0. The Morgan fingerprint density at radius 2 is 1.78 bits per heavy atom. The largest absolute Gasteiger partial charge is 0.338 e. The normalized spacial score (nSPS) is 10.4. The fourth-order valence-electron chi connectivity index (χ4n) is 1.84. The molecule has 0 heterocycles. The Bertz CT molecular complexity index is 334.